The third kappa shape index (κ3) is 3.11. The number of aromatic nitrogens is 1. The average molecular weight is 261 g/mol. The molecule has 1 unspecified atom stereocenters. The highest BCUT2D eigenvalue weighted by molar-refractivity contribution is 5.36. The minimum atomic E-state index is -1.32. The van der Waals surface area contributed by atoms with E-state index < -0.39 is 17.6 Å². The third-order valence-corrected chi connectivity index (χ3v) is 2.73. The molecule has 0 aromatic carbocycles. The minimum absolute atomic E-state index is 0.127. The lowest BCUT2D eigenvalue weighted by atomic mass is 10.3. The Morgan fingerprint density at radius 2 is 2.22 bits per heavy atom. The van der Waals surface area contributed by atoms with Crippen LogP contribution in [0.4, 0.5) is 19.0 Å². The zero-order chi connectivity index (χ0) is 13.1. The molecule has 0 aliphatic carbocycles. The van der Waals surface area contributed by atoms with Crippen molar-refractivity contribution >= 4 is 5.82 Å². The van der Waals surface area contributed by atoms with Crippen LogP contribution in [0.1, 0.15) is 0 Å². The Kier molecular flexibility index (Phi) is 4.03. The molecule has 0 amide bonds. The number of likely N-dealkylation sites (N-methyl/N-ethyl adjacent to an activating group) is 1. The van der Waals surface area contributed by atoms with Crippen molar-refractivity contribution in [2.75, 3.05) is 38.6 Å². The highest BCUT2D eigenvalue weighted by Gasteiger charge is 2.19. The van der Waals surface area contributed by atoms with Gasteiger partial charge in [0.2, 0.25) is 0 Å². The molecule has 0 radical (unpaired) electrons. The van der Waals surface area contributed by atoms with Gasteiger partial charge >= 0.3 is 0 Å². The van der Waals surface area contributed by atoms with Gasteiger partial charge in [-0.1, -0.05) is 0 Å². The molecule has 0 saturated carbocycles. The lowest BCUT2D eigenvalue weighted by Crippen LogP contribution is -2.43. The molecule has 1 atom stereocenters. The Balaban J connectivity index is 1.95. The second-order valence-corrected chi connectivity index (χ2v) is 4.23. The monoisotopic (exact) mass is 261 g/mol. The average Bonchev–Trinajstić information content (AvgIpc) is 2.32. The summed E-state index contributed by atoms with van der Waals surface area (Å²) in [5.74, 6) is -3.84. The molecule has 0 spiro atoms. The van der Waals surface area contributed by atoms with Gasteiger partial charge in [0.1, 0.15) is 0 Å². The van der Waals surface area contributed by atoms with Gasteiger partial charge in [0, 0.05) is 25.7 Å². The highest BCUT2D eigenvalue weighted by atomic mass is 19.2. The van der Waals surface area contributed by atoms with Crippen molar-refractivity contribution in [1.29, 1.82) is 0 Å². The van der Waals surface area contributed by atoms with E-state index in [9.17, 15) is 13.2 Å². The molecular weight excluding hydrogens is 247 g/mol. The number of rotatable bonds is 3. The normalized spacial score (nSPS) is 21.0. The fourth-order valence-electron chi connectivity index (χ4n) is 1.77. The van der Waals surface area contributed by atoms with Crippen LogP contribution in [0.5, 0.6) is 0 Å². The van der Waals surface area contributed by atoms with Gasteiger partial charge in [-0.15, -0.1) is 0 Å². The first-order chi connectivity index (χ1) is 8.56. The Bertz CT molecular complexity index is 430. The van der Waals surface area contributed by atoms with Crippen LogP contribution in [0, 0.1) is 17.6 Å². The van der Waals surface area contributed by atoms with Crippen LogP contribution in [0.3, 0.4) is 0 Å². The summed E-state index contributed by atoms with van der Waals surface area (Å²) in [6.45, 7) is 2.42. The van der Waals surface area contributed by atoms with Crippen LogP contribution in [-0.2, 0) is 4.74 Å². The molecule has 1 aromatic heterocycles. The van der Waals surface area contributed by atoms with Crippen molar-refractivity contribution < 1.29 is 17.9 Å². The second-order valence-electron chi connectivity index (χ2n) is 4.23. The van der Waals surface area contributed by atoms with Crippen molar-refractivity contribution in [3.63, 3.8) is 0 Å². The molecule has 100 valence electrons. The van der Waals surface area contributed by atoms with Gasteiger partial charge in [0.25, 0.3) is 5.95 Å². The maximum atomic E-state index is 13.3. The maximum absolute atomic E-state index is 13.3. The van der Waals surface area contributed by atoms with Crippen molar-refractivity contribution in [2.24, 2.45) is 0 Å². The van der Waals surface area contributed by atoms with E-state index in [1.54, 1.807) is 0 Å². The number of nitrogens with zero attached hydrogens (tertiary/aromatic N) is 2. The molecule has 4 nitrogen and oxygen atoms in total. The Morgan fingerprint density at radius 1 is 1.44 bits per heavy atom. The summed E-state index contributed by atoms with van der Waals surface area (Å²) in [6.07, 6.45) is -0.127. The number of halogens is 3. The van der Waals surface area contributed by atoms with Gasteiger partial charge in [-0.05, 0) is 7.05 Å². The zero-order valence-electron chi connectivity index (χ0n) is 9.92. The standard InChI is InChI=1S/C11H14F3N3O/c1-17-2-3-18-7(6-17)5-15-11-9(13)4-8(12)10(14)16-11/h4,7H,2-3,5-6H2,1H3,(H,15,16). The molecular formula is C11H14F3N3O. The zero-order valence-corrected chi connectivity index (χ0v) is 9.92. The van der Waals surface area contributed by atoms with Gasteiger partial charge in [0.15, 0.2) is 17.5 Å². The van der Waals surface area contributed by atoms with Gasteiger partial charge < -0.3 is 15.0 Å². The van der Waals surface area contributed by atoms with Crippen LogP contribution in [0.2, 0.25) is 0 Å². The van der Waals surface area contributed by atoms with E-state index in [2.05, 4.69) is 15.2 Å². The highest BCUT2D eigenvalue weighted by Crippen LogP contribution is 2.14. The molecule has 2 heterocycles. The number of nitrogens with one attached hydrogen (secondary N) is 1. The molecule has 1 N–H and O–H groups in total. The van der Waals surface area contributed by atoms with E-state index in [1.807, 2.05) is 7.05 Å². The summed E-state index contributed by atoms with van der Waals surface area (Å²) in [5, 5.41) is 2.63. The number of hydrogen-bond acceptors (Lipinski definition) is 4. The fraction of sp³-hybridized carbons (Fsp3) is 0.545. The van der Waals surface area contributed by atoms with Crippen molar-refractivity contribution in [2.45, 2.75) is 6.10 Å². The van der Waals surface area contributed by atoms with Crippen LogP contribution in [0.25, 0.3) is 0 Å². The molecule has 0 bridgehead atoms. The predicted molar refractivity (Wildman–Crippen MR) is 59.8 cm³/mol. The van der Waals surface area contributed by atoms with Gasteiger partial charge in [-0.3, -0.25) is 0 Å². The van der Waals surface area contributed by atoms with Crippen LogP contribution in [0.15, 0.2) is 6.07 Å². The number of hydrogen-bond donors (Lipinski definition) is 1. The second kappa shape index (κ2) is 5.53. The van der Waals surface area contributed by atoms with Crippen molar-refractivity contribution in [3.8, 4) is 0 Å². The van der Waals surface area contributed by atoms with E-state index in [-0.39, 0.29) is 11.9 Å². The minimum Gasteiger partial charge on any atom is -0.374 e. The van der Waals surface area contributed by atoms with E-state index >= 15 is 0 Å². The SMILES string of the molecule is CN1CCOC(CNc2nc(F)c(F)cc2F)C1. The molecule has 1 aromatic rings. The predicted octanol–water partition coefficient (Wildman–Crippen LogP) is 1.24. The molecule has 1 aliphatic heterocycles. The number of pyridine rings is 1. The number of morpholine rings is 1. The van der Waals surface area contributed by atoms with Crippen molar-refractivity contribution in [3.05, 3.63) is 23.6 Å². The topological polar surface area (TPSA) is 37.4 Å². The molecule has 1 saturated heterocycles. The number of ether oxygens (including phenoxy) is 1. The summed E-state index contributed by atoms with van der Waals surface area (Å²) in [4.78, 5) is 5.25. The maximum Gasteiger partial charge on any atom is 0.251 e. The van der Waals surface area contributed by atoms with Gasteiger partial charge in [-0.2, -0.15) is 9.37 Å². The summed E-state index contributed by atoms with van der Waals surface area (Å²) in [7, 11) is 1.95. The molecule has 7 heteroatoms. The van der Waals surface area contributed by atoms with Crippen molar-refractivity contribution in [1.82, 2.24) is 9.88 Å². The largest absolute Gasteiger partial charge is 0.374 e. The number of anilines is 1. The lowest BCUT2D eigenvalue weighted by molar-refractivity contribution is -0.0117. The molecule has 1 fully saturated rings. The Labute approximate surface area is 103 Å². The van der Waals surface area contributed by atoms with Crippen LogP contribution in [-0.4, -0.2) is 49.3 Å². The van der Waals surface area contributed by atoms with E-state index in [4.69, 9.17) is 4.74 Å². The lowest BCUT2D eigenvalue weighted by Gasteiger charge is -2.30. The van der Waals surface area contributed by atoms with Crippen LogP contribution >= 0.6 is 0 Å². The van der Waals surface area contributed by atoms with Gasteiger partial charge in [0.05, 0.1) is 12.7 Å². The van der Waals surface area contributed by atoms with E-state index in [0.717, 1.165) is 6.54 Å². The first kappa shape index (κ1) is 13.1. The summed E-state index contributed by atoms with van der Waals surface area (Å²) < 4.78 is 44.2. The first-order valence-electron chi connectivity index (χ1n) is 5.62. The summed E-state index contributed by atoms with van der Waals surface area (Å²) >= 11 is 0. The Hall–Kier alpha value is -1.34. The summed E-state index contributed by atoms with van der Waals surface area (Å²) in [5.41, 5.74) is 0. The quantitative estimate of drug-likeness (QED) is 0.831. The van der Waals surface area contributed by atoms with Gasteiger partial charge in [-0.25, -0.2) is 8.78 Å². The van der Waals surface area contributed by atoms with Crippen LogP contribution < -0.4 is 5.32 Å². The molecule has 1 aliphatic rings. The third-order valence-electron chi connectivity index (χ3n) is 2.73. The summed E-state index contributed by atoms with van der Waals surface area (Å²) in [6, 6.07) is 0.471. The first-order valence-corrected chi connectivity index (χ1v) is 5.62. The van der Waals surface area contributed by atoms with E-state index in [1.165, 1.54) is 0 Å². The van der Waals surface area contributed by atoms with E-state index in [0.29, 0.717) is 25.8 Å². The molecule has 18 heavy (non-hydrogen) atoms. The Morgan fingerprint density at radius 3 is 2.94 bits per heavy atom. The molecule has 2 rings (SSSR count). The fourth-order valence-corrected chi connectivity index (χ4v) is 1.77. The smallest absolute Gasteiger partial charge is 0.251 e.